The van der Waals surface area contributed by atoms with Crippen LogP contribution >= 0.6 is 0 Å². The molecule has 96 valence electrons. The Morgan fingerprint density at radius 3 is 2.56 bits per heavy atom. The molecule has 1 rings (SSSR count). The first-order valence-corrected chi connectivity index (χ1v) is 7.58. The number of nitrogens with zero attached hydrogens (tertiary/aromatic N) is 1. The maximum absolute atomic E-state index is 11.5. The molecule has 0 aliphatic heterocycles. The molecule has 1 saturated carbocycles. The van der Waals surface area contributed by atoms with Crippen molar-refractivity contribution in [2.24, 2.45) is 0 Å². The maximum Gasteiger partial charge on any atom is 0.212 e. The van der Waals surface area contributed by atoms with E-state index < -0.39 is 10.0 Å². The molecule has 16 heavy (non-hydrogen) atoms. The third-order valence-electron chi connectivity index (χ3n) is 2.74. The van der Waals surface area contributed by atoms with Crippen LogP contribution in [0.15, 0.2) is 0 Å². The van der Waals surface area contributed by atoms with Crippen molar-refractivity contribution in [3.05, 3.63) is 0 Å². The fourth-order valence-electron chi connectivity index (χ4n) is 1.31. The van der Waals surface area contributed by atoms with Gasteiger partial charge in [-0.3, -0.25) is 0 Å². The molecular weight excluding hydrogens is 226 g/mol. The second-order valence-electron chi connectivity index (χ2n) is 4.34. The van der Waals surface area contributed by atoms with E-state index in [1.165, 1.54) is 12.8 Å². The Balaban J connectivity index is 2.07. The maximum atomic E-state index is 11.5. The summed E-state index contributed by atoms with van der Waals surface area (Å²) in [5.74, 6) is 0.180. The van der Waals surface area contributed by atoms with Crippen LogP contribution in [0.5, 0.6) is 0 Å². The lowest BCUT2D eigenvalue weighted by molar-refractivity contribution is 0.358. The van der Waals surface area contributed by atoms with Gasteiger partial charge in [-0.2, -0.15) is 0 Å². The Labute approximate surface area is 98.6 Å². The van der Waals surface area contributed by atoms with E-state index in [0.717, 1.165) is 13.1 Å². The number of likely N-dealkylation sites (N-methyl/N-ethyl adjacent to an activating group) is 1. The quantitative estimate of drug-likeness (QED) is 0.584. The molecular formula is C10H23N3O2S. The molecule has 0 aromatic rings. The highest BCUT2D eigenvalue weighted by atomic mass is 32.2. The summed E-state index contributed by atoms with van der Waals surface area (Å²) in [5, 5.41) is 3.19. The lowest BCUT2D eigenvalue weighted by atomic mass is 10.5. The topological polar surface area (TPSA) is 61.4 Å². The van der Waals surface area contributed by atoms with Crippen LogP contribution in [0.1, 0.15) is 19.8 Å². The van der Waals surface area contributed by atoms with Crippen molar-refractivity contribution < 1.29 is 8.42 Å². The Kier molecular flexibility index (Phi) is 5.68. The Hall–Kier alpha value is -0.170. The largest absolute Gasteiger partial charge is 0.313 e. The van der Waals surface area contributed by atoms with E-state index in [1.807, 2.05) is 14.0 Å². The summed E-state index contributed by atoms with van der Waals surface area (Å²) in [7, 11) is -1.12. The van der Waals surface area contributed by atoms with Crippen LogP contribution in [0.2, 0.25) is 0 Å². The van der Waals surface area contributed by atoms with Gasteiger partial charge in [-0.1, -0.05) is 6.92 Å². The van der Waals surface area contributed by atoms with E-state index in [0.29, 0.717) is 19.1 Å². The predicted octanol–water partition coefficient (Wildman–Crippen LogP) is -0.390. The standard InChI is InChI=1S/C10H23N3O2S/c1-3-13(2)8-6-12-16(14,15)9-7-11-10-4-5-10/h10-12H,3-9H2,1-2H3. The third-order valence-corrected chi connectivity index (χ3v) is 4.12. The lowest BCUT2D eigenvalue weighted by Crippen LogP contribution is -2.36. The average molecular weight is 249 g/mol. The van der Waals surface area contributed by atoms with Crippen LogP contribution in [0, 0.1) is 0 Å². The summed E-state index contributed by atoms with van der Waals surface area (Å²) in [6, 6.07) is 0.571. The minimum Gasteiger partial charge on any atom is -0.313 e. The van der Waals surface area contributed by atoms with Crippen molar-refractivity contribution in [1.29, 1.82) is 0 Å². The smallest absolute Gasteiger partial charge is 0.212 e. The number of hydrogen-bond donors (Lipinski definition) is 2. The molecule has 5 nitrogen and oxygen atoms in total. The average Bonchev–Trinajstić information content (AvgIpc) is 3.01. The minimum atomic E-state index is -3.09. The molecule has 0 spiro atoms. The van der Waals surface area contributed by atoms with Crippen molar-refractivity contribution in [1.82, 2.24) is 14.9 Å². The lowest BCUT2D eigenvalue weighted by Gasteiger charge is -2.14. The van der Waals surface area contributed by atoms with Gasteiger partial charge in [0.15, 0.2) is 0 Å². The molecule has 0 saturated heterocycles. The highest BCUT2D eigenvalue weighted by molar-refractivity contribution is 7.89. The zero-order valence-electron chi connectivity index (χ0n) is 10.2. The van der Waals surface area contributed by atoms with Gasteiger partial charge in [-0.15, -0.1) is 0 Å². The van der Waals surface area contributed by atoms with E-state index >= 15 is 0 Å². The Bertz CT molecular complexity index is 288. The van der Waals surface area contributed by atoms with Crippen molar-refractivity contribution >= 4 is 10.0 Å². The second kappa shape index (κ2) is 6.54. The first-order chi connectivity index (χ1) is 7.53. The third kappa shape index (κ3) is 6.42. The van der Waals surface area contributed by atoms with Crippen LogP contribution < -0.4 is 10.0 Å². The molecule has 1 aliphatic carbocycles. The summed E-state index contributed by atoms with van der Waals surface area (Å²) < 4.78 is 25.7. The van der Waals surface area contributed by atoms with Crippen LogP contribution in [-0.4, -0.2) is 58.3 Å². The molecule has 0 unspecified atom stereocenters. The highest BCUT2D eigenvalue weighted by Gasteiger charge is 2.20. The first kappa shape index (κ1) is 13.9. The molecule has 0 amide bonds. The summed E-state index contributed by atoms with van der Waals surface area (Å²) in [5.41, 5.74) is 0. The molecule has 0 heterocycles. The fraction of sp³-hybridized carbons (Fsp3) is 1.00. The highest BCUT2D eigenvalue weighted by Crippen LogP contribution is 2.17. The molecule has 1 fully saturated rings. The SMILES string of the molecule is CCN(C)CCNS(=O)(=O)CCNC1CC1. The summed E-state index contributed by atoms with van der Waals surface area (Å²) in [6.07, 6.45) is 2.38. The van der Waals surface area contributed by atoms with Crippen LogP contribution in [0.4, 0.5) is 0 Å². The number of sulfonamides is 1. The first-order valence-electron chi connectivity index (χ1n) is 5.93. The molecule has 0 atom stereocenters. The molecule has 0 radical (unpaired) electrons. The molecule has 2 N–H and O–H groups in total. The van der Waals surface area contributed by atoms with E-state index in [1.54, 1.807) is 0 Å². The van der Waals surface area contributed by atoms with Gasteiger partial charge in [0.25, 0.3) is 0 Å². The molecule has 0 aromatic carbocycles. The van der Waals surface area contributed by atoms with Gasteiger partial charge >= 0.3 is 0 Å². The van der Waals surface area contributed by atoms with Crippen LogP contribution in [0.25, 0.3) is 0 Å². The number of nitrogens with one attached hydrogen (secondary N) is 2. The van der Waals surface area contributed by atoms with Gasteiger partial charge in [-0.25, -0.2) is 13.1 Å². The monoisotopic (exact) mass is 249 g/mol. The zero-order valence-corrected chi connectivity index (χ0v) is 11.0. The van der Waals surface area contributed by atoms with Gasteiger partial charge in [-0.05, 0) is 26.4 Å². The van der Waals surface area contributed by atoms with E-state index in [-0.39, 0.29) is 5.75 Å². The van der Waals surface area contributed by atoms with Crippen molar-refractivity contribution in [3.63, 3.8) is 0 Å². The Morgan fingerprint density at radius 1 is 1.31 bits per heavy atom. The van der Waals surface area contributed by atoms with Crippen molar-refractivity contribution in [2.45, 2.75) is 25.8 Å². The van der Waals surface area contributed by atoms with Crippen molar-refractivity contribution in [2.75, 3.05) is 39.0 Å². The van der Waals surface area contributed by atoms with Gasteiger partial charge in [0.2, 0.25) is 10.0 Å². The molecule has 6 heteroatoms. The van der Waals surface area contributed by atoms with Gasteiger partial charge in [0.1, 0.15) is 0 Å². The molecule has 0 bridgehead atoms. The summed E-state index contributed by atoms with van der Waals surface area (Å²) in [4.78, 5) is 2.07. The van der Waals surface area contributed by atoms with Crippen LogP contribution in [-0.2, 0) is 10.0 Å². The van der Waals surface area contributed by atoms with E-state index in [9.17, 15) is 8.42 Å². The molecule has 0 aromatic heterocycles. The van der Waals surface area contributed by atoms with E-state index in [4.69, 9.17) is 0 Å². The predicted molar refractivity (Wildman–Crippen MR) is 66.0 cm³/mol. The number of hydrogen-bond acceptors (Lipinski definition) is 4. The normalized spacial score (nSPS) is 16.9. The molecule has 1 aliphatic rings. The van der Waals surface area contributed by atoms with Gasteiger partial charge in [0, 0.05) is 25.7 Å². The summed E-state index contributed by atoms with van der Waals surface area (Å²) >= 11 is 0. The number of rotatable bonds is 9. The fourth-order valence-corrected chi connectivity index (χ4v) is 2.24. The van der Waals surface area contributed by atoms with E-state index in [2.05, 4.69) is 14.9 Å². The minimum absolute atomic E-state index is 0.180. The Morgan fingerprint density at radius 2 is 2.00 bits per heavy atom. The zero-order chi connectivity index (χ0) is 12.0. The van der Waals surface area contributed by atoms with Crippen LogP contribution in [0.3, 0.4) is 0 Å². The second-order valence-corrected chi connectivity index (χ2v) is 6.26. The summed E-state index contributed by atoms with van der Waals surface area (Å²) in [6.45, 7) is 4.80. The van der Waals surface area contributed by atoms with Gasteiger partial charge < -0.3 is 10.2 Å². The van der Waals surface area contributed by atoms with Gasteiger partial charge in [0.05, 0.1) is 5.75 Å². The van der Waals surface area contributed by atoms with Crippen molar-refractivity contribution in [3.8, 4) is 0 Å².